The first-order chi connectivity index (χ1) is 9.17. The summed E-state index contributed by atoms with van der Waals surface area (Å²) in [4.78, 5) is 15.0. The summed E-state index contributed by atoms with van der Waals surface area (Å²) in [5.74, 6) is 0.220. The van der Waals surface area contributed by atoms with Gasteiger partial charge in [-0.2, -0.15) is 0 Å². The molecule has 2 N–H and O–H groups in total. The molecule has 1 unspecified atom stereocenters. The number of carbonyl (C=O) groups excluding carboxylic acids is 1. The summed E-state index contributed by atoms with van der Waals surface area (Å²) in [6.07, 6.45) is 8.36. The van der Waals surface area contributed by atoms with E-state index in [0.717, 1.165) is 38.3 Å². The molecule has 0 aromatic rings. The van der Waals surface area contributed by atoms with Crippen LogP contribution in [0.25, 0.3) is 0 Å². The zero-order chi connectivity index (χ0) is 13.3. The summed E-state index contributed by atoms with van der Waals surface area (Å²) in [6.45, 7) is 5.37. The van der Waals surface area contributed by atoms with Crippen molar-refractivity contribution in [2.75, 3.05) is 19.6 Å². The van der Waals surface area contributed by atoms with Crippen LogP contribution >= 0.6 is 24.8 Å². The summed E-state index contributed by atoms with van der Waals surface area (Å²) in [5.41, 5.74) is -0.328. The minimum absolute atomic E-state index is 0. The molecule has 0 aromatic heterocycles. The summed E-state index contributed by atoms with van der Waals surface area (Å²) in [6, 6.07) is 1.26. The molecule has 1 atom stereocenters. The molecule has 3 aliphatic rings. The normalized spacial score (nSPS) is 30.9. The predicted octanol–water partition coefficient (Wildman–Crippen LogP) is 2.11. The van der Waals surface area contributed by atoms with Gasteiger partial charge in [-0.3, -0.25) is 4.79 Å². The van der Waals surface area contributed by atoms with Crippen LogP contribution in [-0.2, 0) is 4.79 Å². The number of nitrogens with one attached hydrogen (secondary N) is 2. The lowest BCUT2D eigenvalue weighted by atomic mass is 9.89. The first kappa shape index (κ1) is 19.0. The monoisotopic (exact) mass is 337 g/mol. The van der Waals surface area contributed by atoms with Crippen molar-refractivity contribution in [3.8, 4) is 0 Å². The minimum Gasteiger partial charge on any atom is -0.352 e. The van der Waals surface area contributed by atoms with E-state index in [9.17, 15) is 4.79 Å². The number of hydrogen-bond acceptors (Lipinski definition) is 3. The fourth-order valence-corrected chi connectivity index (χ4v) is 3.44. The van der Waals surface area contributed by atoms with E-state index < -0.39 is 0 Å². The number of hydrogen-bond donors (Lipinski definition) is 2. The highest BCUT2D eigenvalue weighted by Crippen LogP contribution is 2.29. The Labute approximate surface area is 140 Å². The van der Waals surface area contributed by atoms with Crippen molar-refractivity contribution >= 4 is 30.7 Å². The lowest BCUT2D eigenvalue weighted by Crippen LogP contribution is -2.59. The maximum absolute atomic E-state index is 12.4. The fourth-order valence-electron chi connectivity index (χ4n) is 3.44. The molecule has 3 rings (SSSR count). The van der Waals surface area contributed by atoms with Gasteiger partial charge in [-0.25, -0.2) is 0 Å². The molecule has 4 nitrogen and oxygen atoms in total. The van der Waals surface area contributed by atoms with Gasteiger partial charge >= 0.3 is 0 Å². The molecule has 21 heavy (non-hydrogen) atoms. The number of piperidine rings is 2. The van der Waals surface area contributed by atoms with Crippen molar-refractivity contribution in [3.05, 3.63) is 0 Å². The lowest BCUT2D eigenvalue weighted by Gasteiger charge is -2.37. The standard InChI is InChI=1S/C15H27N3O.2ClH/c1-15(8-2-3-9-16-15)14(19)17-12-6-10-18(11-7-12)13-4-5-13;;/h12-13,16H,2-11H2,1H3,(H,17,19);2*1H. The molecule has 3 fully saturated rings. The molecule has 2 aliphatic heterocycles. The molecule has 2 saturated heterocycles. The van der Waals surface area contributed by atoms with Crippen molar-refractivity contribution in [2.45, 2.75) is 69.5 Å². The average molecular weight is 338 g/mol. The second kappa shape index (κ2) is 8.00. The largest absolute Gasteiger partial charge is 0.352 e. The van der Waals surface area contributed by atoms with Crippen LogP contribution in [0, 0.1) is 0 Å². The van der Waals surface area contributed by atoms with E-state index in [1.54, 1.807) is 0 Å². The third-order valence-electron chi connectivity index (χ3n) is 5.05. The summed E-state index contributed by atoms with van der Waals surface area (Å²) < 4.78 is 0. The number of rotatable bonds is 3. The molecule has 6 heteroatoms. The van der Waals surface area contributed by atoms with Crippen molar-refractivity contribution < 1.29 is 4.79 Å². The van der Waals surface area contributed by atoms with Gasteiger partial charge in [0.1, 0.15) is 0 Å². The highest BCUT2D eigenvalue weighted by Gasteiger charge is 2.37. The maximum atomic E-state index is 12.4. The Bertz CT molecular complexity index is 336. The van der Waals surface area contributed by atoms with E-state index >= 15 is 0 Å². The van der Waals surface area contributed by atoms with E-state index in [2.05, 4.69) is 22.5 Å². The number of halogens is 2. The minimum atomic E-state index is -0.328. The van der Waals surface area contributed by atoms with Crippen LogP contribution in [-0.4, -0.2) is 48.1 Å². The summed E-state index contributed by atoms with van der Waals surface area (Å²) in [7, 11) is 0. The van der Waals surface area contributed by atoms with Crippen LogP contribution < -0.4 is 10.6 Å². The van der Waals surface area contributed by atoms with E-state index in [1.165, 1.54) is 32.4 Å². The van der Waals surface area contributed by atoms with Crippen LogP contribution in [0.5, 0.6) is 0 Å². The Morgan fingerprint density at radius 2 is 1.81 bits per heavy atom. The van der Waals surface area contributed by atoms with Gasteiger partial charge in [0, 0.05) is 25.2 Å². The van der Waals surface area contributed by atoms with Crippen molar-refractivity contribution in [1.82, 2.24) is 15.5 Å². The maximum Gasteiger partial charge on any atom is 0.240 e. The Balaban J connectivity index is 0.00000110. The topological polar surface area (TPSA) is 44.4 Å². The highest BCUT2D eigenvalue weighted by atomic mass is 35.5. The van der Waals surface area contributed by atoms with Gasteiger partial charge in [-0.1, -0.05) is 0 Å². The zero-order valence-electron chi connectivity index (χ0n) is 12.9. The van der Waals surface area contributed by atoms with Gasteiger partial charge in [-0.15, -0.1) is 24.8 Å². The smallest absolute Gasteiger partial charge is 0.240 e. The first-order valence-electron chi connectivity index (χ1n) is 7.97. The van der Waals surface area contributed by atoms with Crippen LogP contribution in [0.1, 0.15) is 51.9 Å². The molecule has 124 valence electrons. The highest BCUT2D eigenvalue weighted by molar-refractivity contribution is 5.86. The van der Waals surface area contributed by atoms with Gasteiger partial charge in [0.15, 0.2) is 0 Å². The Morgan fingerprint density at radius 1 is 1.14 bits per heavy atom. The fraction of sp³-hybridized carbons (Fsp3) is 0.933. The molecule has 1 saturated carbocycles. The Hall–Kier alpha value is -0.0300. The van der Waals surface area contributed by atoms with Gasteiger partial charge in [-0.05, 0) is 58.4 Å². The van der Waals surface area contributed by atoms with Gasteiger partial charge in [0.2, 0.25) is 5.91 Å². The van der Waals surface area contributed by atoms with Crippen LogP contribution in [0.4, 0.5) is 0 Å². The number of amides is 1. The van der Waals surface area contributed by atoms with E-state index in [1.807, 2.05) is 0 Å². The molecule has 0 aromatic carbocycles. The van der Waals surface area contributed by atoms with Crippen LogP contribution in [0.3, 0.4) is 0 Å². The molecule has 1 amide bonds. The van der Waals surface area contributed by atoms with E-state index in [4.69, 9.17) is 0 Å². The second-order valence-electron chi connectivity index (χ2n) is 6.73. The first-order valence-corrected chi connectivity index (χ1v) is 7.97. The van der Waals surface area contributed by atoms with Crippen molar-refractivity contribution in [1.29, 1.82) is 0 Å². The number of likely N-dealkylation sites (tertiary alicyclic amines) is 1. The number of nitrogens with zero attached hydrogens (tertiary/aromatic N) is 1. The van der Waals surface area contributed by atoms with Gasteiger partial charge < -0.3 is 15.5 Å². The van der Waals surface area contributed by atoms with Gasteiger partial charge in [0.25, 0.3) is 0 Å². The summed E-state index contributed by atoms with van der Waals surface area (Å²) in [5, 5.41) is 6.68. The average Bonchev–Trinajstić information content (AvgIpc) is 3.25. The molecule has 2 heterocycles. The Kier molecular flexibility index (Phi) is 7.25. The van der Waals surface area contributed by atoms with Crippen molar-refractivity contribution in [2.24, 2.45) is 0 Å². The SMILES string of the molecule is CC1(C(=O)NC2CCN(C3CC3)CC2)CCCCN1.Cl.Cl. The molecule has 0 radical (unpaired) electrons. The predicted molar refractivity (Wildman–Crippen MR) is 90.5 cm³/mol. The van der Waals surface area contributed by atoms with Crippen LogP contribution in [0.2, 0.25) is 0 Å². The van der Waals surface area contributed by atoms with Crippen LogP contribution in [0.15, 0.2) is 0 Å². The molecule has 0 spiro atoms. The van der Waals surface area contributed by atoms with E-state index in [-0.39, 0.29) is 36.3 Å². The number of carbonyl (C=O) groups is 1. The third kappa shape index (κ3) is 4.72. The Morgan fingerprint density at radius 3 is 2.33 bits per heavy atom. The van der Waals surface area contributed by atoms with E-state index in [0.29, 0.717) is 6.04 Å². The molecule has 0 bridgehead atoms. The molecular weight excluding hydrogens is 309 g/mol. The summed E-state index contributed by atoms with van der Waals surface area (Å²) >= 11 is 0. The van der Waals surface area contributed by atoms with Crippen molar-refractivity contribution in [3.63, 3.8) is 0 Å². The second-order valence-corrected chi connectivity index (χ2v) is 6.73. The quantitative estimate of drug-likeness (QED) is 0.828. The molecular formula is C15H29Cl2N3O. The lowest BCUT2D eigenvalue weighted by molar-refractivity contribution is -0.129. The van der Waals surface area contributed by atoms with Gasteiger partial charge in [0.05, 0.1) is 5.54 Å². The zero-order valence-corrected chi connectivity index (χ0v) is 14.5. The molecule has 1 aliphatic carbocycles. The third-order valence-corrected chi connectivity index (χ3v) is 5.05.